The van der Waals surface area contributed by atoms with Crippen molar-refractivity contribution in [2.24, 2.45) is 0 Å². The minimum Gasteiger partial charge on any atom is -0.508 e. The van der Waals surface area contributed by atoms with E-state index in [1.807, 2.05) is 6.92 Å². The van der Waals surface area contributed by atoms with Gasteiger partial charge in [-0.15, -0.1) is 10.2 Å². The van der Waals surface area contributed by atoms with Crippen LogP contribution in [0, 0.1) is 0 Å². The predicted molar refractivity (Wildman–Crippen MR) is 65.0 cm³/mol. The van der Waals surface area contributed by atoms with Gasteiger partial charge in [-0.05, 0) is 31.2 Å². The molecule has 3 N–H and O–H groups in total. The molecular weight excluding hydrogens is 218 g/mol. The molecule has 0 aliphatic carbocycles. The second-order valence-corrected chi connectivity index (χ2v) is 3.54. The molecule has 0 aliphatic heterocycles. The summed E-state index contributed by atoms with van der Waals surface area (Å²) in [7, 11) is 0. The summed E-state index contributed by atoms with van der Waals surface area (Å²) in [4.78, 5) is 0. The van der Waals surface area contributed by atoms with Gasteiger partial charge in [0.25, 0.3) is 0 Å². The summed E-state index contributed by atoms with van der Waals surface area (Å²) in [6, 6.07) is 7.92. The molecule has 0 saturated heterocycles. The Bertz CT molecular complexity index is 512. The van der Waals surface area contributed by atoms with Crippen LogP contribution in [0.2, 0.25) is 0 Å². The highest BCUT2D eigenvalue weighted by molar-refractivity contribution is 5.68. The molecule has 0 radical (unpaired) electrons. The first kappa shape index (κ1) is 11.2. The number of hydrogen-bond donors (Lipinski definition) is 3. The number of phenolic OH excluding ortho intramolecular Hbond substituents is 2. The van der Waals surface area contributed by atoms with Gasteiger partial charge in [0.1, 0.15) is 17.3 Å². The van der Waals surface area contributed by atoms with Crippen LogP contribution in [0.5, 0.6) is 11.5 Å². The van der Waals surface area contributed by atoms with E-state index in [-0.39, 0.29) is 11.5 Å². The Morgan fingerprint density at radius 2 is 1.94 bits per heavy atom. The maximum atomic E-state index is 9.67. The molecule has 0 fully saturated rings. The summed E-state index contributed by atoms with van der Waals surface area (Å²) in [5, 5.41) is 29.9. The molecule has 2 aromatic rings. The Morgan fingerprint density at radius 1 is 1.12 bits per heavy atom. The molecular formula is C12H13N3O2. The number of phenols is 2. The predicted octanol–water partition coefficient (Wildman–Crippen LogP) is 1.99. The monoisotopic (exact) mass is 231 g/mol. The number of rotatable bonds is 3. The molecule has 0 aliphatic rings. The van der Waals surface area contributed by atoms with Gasteiger partial charge >= 0.3 is 0 Å². The van der Waals surface area contributed by atoms with E-state index in [2.05, 4.69) is 15.5 Å². The standard InChI is InChI=1S/C12H13N3O2/c1-2-13-12-6-5-10(14-15-12)9-4-3-8(16)7-11(9)17/h3-7,16-17H,2H2,1H3,(H,13,15). The third kappa shape index (κ3) is 2.44. The summed E-state index contributed by atoms with van der Waals surface area (Å²) in [5.74, 6) is 0.688. The van der Waals surface area contributed by atoms with Crippen molar-refractivity contribution in [3.8, 4) is 22.8 Å². The van der Waals surface area contributed by atoms with Crippen molar-refractivity contribution in [1.29, 1.82) is 0 Å². The van der Waals surface area contributed by atoms with Crippen LogP contribution in [-0.4, -0.2) is 27.0 Å². The van der Waals surface area contributed by atoms with Crippen LogP contribution in [0.1, 0.15) is 6.92 Å². The quantitative estimate of drug-likeness (QED) is 0.752. The number of hydrogen-bond acceptors (Lipinski definition) is 5. The third-order valence-corrected chi connectivity index (χ3v) is 2.28. The molecule has 0 amide bonds. The largest absolute Gasteiger partial charge is 0.508 e. The molecule has 0 bridgehead atoms. The van der Waals surface area contributed by atoms with E-state index in [1.165, 1.54) is 12.1 Å². The van der Waals surface area contributed by atoms with Crippen LogP contribution in [-0.2, 0) is 0 Å². The lowest BCUT2D eigenvalue weighted by Gasteiger charge is -2.05. The van der Waals surface area contributed by atoms with Gasteiger partial charge in [0.2, 0.25) is 0 Å². The average molecular weight is 231 g/mol. The zero-order valence-corrected chi connectivity index (χ0v) is 9.38. The van der Waals surface area contributed by atoms with Crippen molar-refractivity contribution in [3.05, 3.63) is 30.3 Å². The lowest BCUT2D eigenvalue weighted by atomic mass is 10.1. The van der Waals surface area contributed by atoms with Crippen molar-refractivity contribution in [2.75, 3.05) is 11.9 Å². The molecule has 1 heterocycles. The second kappa shape index (κ2) is 4.69. The van der Waals surface area contributed by atoms with Crippen LogP contribution in [0.15, 0.2) is 30.3 Å². The number of nitrogens with zero attached hydrogens (tertiary/aromatic N) is 2. The van der Waals surface area contributed by atoms with Crippen molar-refractivity contribution in [2.45, 2.75) is 6.92 Å². The number of aromatic hydroxyl groups is 2. The average Bonchev–Trinajstić information content (AvgIpc) is 2.31. The highest BCUT2D eigenvalue weighted by Gasteiger charge is 2.07. The van der Waals surface area contributed by atoms with Crippen LogP contribution >= 0.6 is 0 Å². The van der Waals surface area contributed by atoms with Gasteiger partial charge in [0.15, 0.2) is 0 Å². The van der Waals surface area contributed by atoms with Crippen molar-refractivity contribution >= 4 is 5.82 Å². The number of benzene rings is 1. The van der Waals surface area contributed by atoms with Gasteiger partial charge in [0.05, 0.1) is 5.69 Å². The Morgan fingerprint density at radius 3 is 2.53 bits per heavy atom. The summed E-state index contributed by atoms with van der Waals surface area (Å²) in [6.07, 6.45) is 0. The van der Waals surface area contributed by atoms with E-state index in [1.54, 1.807) is 18.2 Å². The van der Waals surface area contributed by atoms with Crippen LogP contribution in [0.3, 0.4) is 0 Å². The normalized spacial score (nSPS) is 10.2. The lowest BCUT2D eigenvalue weighted by Crippen LogP contribution is -2.00. The molecule has 17 heavy (non-hydrogen) atoms. The van der Waals surface area contributed by atoms with Crippen LogP contribution in [0.25, 0.3) is 11.3 Å². The van der Waals surface area contributed by atoms with Crippen LogP contribution < -0.4 is 5.32 Å². The Hall–Kier alpha value is -2.30. The first-order valence-electron chi connectivity index (χ1n) is 5.30. The molecule has 2 rings (SSSR count). The maximum absolute atomic E-state index is 9.67. The number of anilines is 1. The lowest BCUT2D eigenvalue weighted by molar-refractivity contribution is 0.451. The summed E-state index contributed by atoms with van der Waals surface area (Å²) in [6.45, 7) is 2.75. The van der Waals surface area contributed by atoms with Crippen molar-refractivity contribution in [3.63, 3.8) is 0 Å². The molecule has 0 atom stereocenters. The smallest absolute Gasteiger partial charge is 0.148 e. The van der Waals surface area contributed by atoms with E-state index in [0.29, 0.717) is 17.1 Å². The summed E-state index contributed by atoms with van der Waals surface area (Å²) < 4.78 is 0. The van der Waals surface area contributed by atoms with Gasteiger partial charge in [-0.2, -0.15) is 0 Å². The number of aromatic nitrogens is 2. The van der Waals surface area contributed by atoms with Gasteiger partial charge in [-0.25, -0.2) is 0 Å². The molecule has 88 valence electrons. The van der Waals surface area contributed by atoms with E-state index < -0.39 is 0 Å². The van der Waals surface area contributed by atoms with E-state index in [0.717, 1.165) is 6.54 Å². The second-order valence-electron chi connectivity index (χ2n) is 3.54. The van der Waals surface area contributed by atoms with Crippen LogP contribution in [0.4, 0.5) is 5.82 Å². The van der Waals surface area contributed by atoms with E-state index >= 15 is 0 Å². The Kier molecular flexibility index (Phi) is 3.09. The molecule has 5 heteroatoms. The molecule has 5 nitrogen and oxygen atoms in total. The van der Waals surface area contributed by atoms with Gasteiger partial charge in [-0.1, -0.05) is 0 Å². The minimum absolute atomic E-state index is 0.0171. The van der Waals surface area contributed by atoms with E-state index in [9.17, 15) is 10.2 Å². The van der Waals surface area contributed by atoms with E-state index in [4.69, 9.17) is 0 Å². The highest BCUT2D eigenvalue weighted by atomic mass is 16.3. The zero-order chi connectivity index (χ0) is 12.3. The molecule has 0 spiro atoms. The minimum atomic E-state index is -0.0181. The molecule has 1 aromatic heterocycles. The summed E-state index contributed by atoms with van der Waals surface area (Å²) in [5.41, 5.74) is 1.10. The molecule has 0 unspecified atom stereocenters. The SMILES string of the molecule is CCNc1ccc(-c2ccc(O)cc2O)nn1. The zero-order valence-electron chi connectivity index (χ0n) is 9.38. The van der Waals surface area contributed by atoms with Gasteiger partial charge in [0, 0.05) is 18.2 Å². The highest BCUT2D eigenvalue weighted by Crippen LogP contribution is 2.30. The Balaban J connectivity index is 2.33. The first-order chi connectivity index (χ1) is 8.20. The van der Waals surface area contributed by atoms with Gasteiger partial charge in [-0.3, -0.25) is 0 Å². The van der Waals surface area contributed by atoms with Crippen molar-refractivity contribution < 1.29 is 10.2 Å². The third-order valence-electron chi connectivity index (χ3n) is 2.28. The summed E-state index contributed by atoms with van der Waals surface area (Å²) >= 11 is 0. The Labute approximate surface area is 98.8 Å². The fraction of sp³-hybridized carbons (Fsp3) is 0.167. The molecule has 0 saturated carbocycles. The van der Waals surface area contributed by atoms with Gasteiger partial charge < -0.3 is 15.5 Å². The number of nitrogens with one attached hydrogen (secondary N) is 1. The topological polar surface area (TPSA) is 78.3 Å². The fourth-order valence-electron chi connectivity index (χ4n) is 1.49. The van der Waals surface area contributed by atoms with Crippen molar-refractivity contribution in [1.82, 2.24) is 10.2 Å². The fourth-order valence-corrected chi connectivity index (χ4v) is 1.49. The first-order valence-corrected chi connectivity index (χ1v) is 5.30. The maximum Gasteiger partial charge on any atom is 0.148 e. The molecule has 1 aromatic carbocycles.